The maximum atomic E-state index is 11.6. The predicted octanol–water partition coefficient (Wildman–Crippen LogP) is -1.00. The molecule has 92 valence electrons. The quantitative estimate of drug-likeness (QED) is 0.625. The molecule has 0 aromatic heterocycles. The summed E-state index contributed by atoms with van der Waals surface area (Å²) >= 11 is 0. The molecule has 0 aromatic rings. The molecule has 0 saturated carbocycles. The lowest BCUT2D eigenvalue weighted by Gasteiger charge is -2.33. The zero-order chi connectivity index (χ0) is 12.0. The predicted molar refractivity (Wildman–Crippen MR) is 56.9 cm³/mol. The minimum Gasteiger partial charge on any atom is -0.468 e. The van der Waals surface area contributed by atoms with Gasteiger partial charge >= 0.3 is 11.9 Å². The summed E-state index contributed by atoms with van der Waals surface area (Å²) < 4.78 is 9.54. The number of methoxy groups -OCH3 is 1. The smallest absolute Gasteiger partial charge is 0.324 e. The van der Waals surface area contributed by atoms with Crippen LogP contribution in [0.25, 0.3) is 0 Å². The minimum atomic E-state index is -0.396. The van der Waals surface area contributed by atoms with E-state index in [1.165, 1.54) is 7.11 Å². The maximum Gasteiger partial charge on any atom is 0.324 e. The third-order valence-corrected chi connectivity index (χ3v) is 2.47. The number of esters is 2. The molecule has 16 heavy (non-hydrogen) atoms. The molecule has 1 rings (SSSR count). The molecule has 0 spiro atoms. The average molecular weight is 230 g/mol. The Bertz CT molecular complexity index is 257. The summed E-state index contributed by atoms with van der Waals surface area (Å²) in [6.07, 6.45) is 0. The van der Waals surface area contributed by atoms with Crippen molar-refractivity contribution in [2.24, 2.45) is 0 Å². The van der Waals surface area contributed by atoms with Crippen molar-refractivity contribution in [2.75, 3.05) is 39.9 Å². The van der Waals surface area contributed by atoms with E-state index in [1.807, 2.05) is 0 Å². The molecule has 0 amide bonds. The van der Waals surface area contributed by atoms with Gasteiger partial charge in [0.15, 0.2) is 0 Å². The molecule has 1 unspecified atom stereocenters. The van der Waals surface area contributed by atoms with Crippen molar-refractivity contribution in [1.29, 1.82) is 0 Å². The Morgan fingerprint density at radius 2 is 2.25 bits per heavy atom. The van der Waals surface area contributed by atoms with Crippen LogP contribution in [0.4, 0.5) is 0 Å². The van der Waals surface area contributed by atoms with Crippen molar-refractivity contribution in [2.45, 2.75) is 13.0 Å². The van der Waals surface area contributed by atoms with Gasteiger partial charge in [-0.15, -0.1) is 0 Å². The number of piperazine rings is 1. The highest BCUT2D eigenvalue weighted by molar-refractivity contribution is 5.78. The third kappa shape index (κ3) is 3.46. The van der Waals surface area contributed by atoms with Crippen LogP contribution >= 0.6 is 0 Å². The Labute approximate surface area is 94.9 Å². The number of carbonyl (C=O) groups excluding carboxylic acids is 2. The van der Waals surface area contributed by atoms with Crippen molar-refractivity contribution in [3.8, 4) is 0 Å². The van der Waals surface area contributed by atoms with E-state index in [0.29, 0.717) is 19.7 Å². The molecule has 1 saturated heterocycles. The third-order valence-electron chi connectivity index (χ3n) is 2.47. The fourth-order valence-corrected chi connectivity index (χ4v) is 1.64. The van der Waals surface area contributed by atoms with Gasteiger partial charge < -0.3 is 14.8 Å². The van der Waals surface area contributed by atoms with Gasteiger partial charge in [0, 0.05) is 19.6 Å². The second-order valence-electron chi connectivity index (χ2n) is 3.52. The first kappa shape index (κ1) is 12.9. The van der Waals surface area contributed by atoms with Gasteiger partial charge in [-0.05, 0) is 6.92 Å². The zero-order valence-corrected chi connectivity index (χ0v) is 9.69. The molecular formula is C10H18N2O4. The lowest BCUT2D eigenvalue weighted by Crippen LogP contribution is -2.56. The summed E-state index contributed by atoms with van der Waals surface area (Å²) in [5.74, 6) is -0.630. The normalized spacial score (nSPS) is 21.5. The molecule has 0 aliphatic carbocycles. The molecule has 1 aliphatic rings. The second-order valence-corrected chi connectivity index (χ2v) is 3.52. The molecule has 1 aliphatic heterocycles. The average Bonchev–Trinajstić information content (AvgIpc) is 2.30. The van der Waals surface area contributed by atoms with Gasteiger partial charge in [-0.2, -0.15) is 0 Å². The van der Waals surface area contributed by atoms with Gasteiger partial charge in [0.2, 0.25) is 0 Å². The molecular weight excluding hydrogens is 212 g/mol. The van der Waals surface area contributed by atoms with Crippen LogP contribution in [-0.2, 0) is 19.1 Å². The number of rotatable bonds is 4. The number of nitrogens with one attached hydrogen (secondary N) is 1. The molecule has 1 atom stereocenters. The van der Waals surface area contributed by atoms with Gasteiger partial charge in [-0.1, -0.05) is 0 Å². The Balaban J connectivity index is 2.56. The number of carbonyl (C=O) groups is 2. The van der Waals surface area contributed by atoms with E-state index in [-0.39, 0.29) is 18.5 Å². The number of nitrogens with zero attached hydrogens (tertiary/aromatic N) is 1. The molecule has 6 heteroatoms. The molecule has 0 aromatic carbocycles. The highest BCUT2D eigenvalue weighted by atomic mass is 16.5. The van der Waals surface area contributed by atoms with E-state index in [1.54, 1.807) is 11.8 Å². The van der Waals surface area contributed by atoms with Crippen LogP contribution in [0.1, 0.15) is 6.92 Å². The topological polar surface area (TPSA) is 67.9 Å². The number of hydrogen-bond acceptors (Lipinski definition) is 6. The van der Waals surface area contributed by atoms with E-state index in [9.17, 15) is 9.59 Å². The van der Waals surface area contributed by atoms with Crippen LogP contribution in [0.2, 0.25) is 0 Å². The highest BCUT2D eigenvalue weighted by Gasteiger charge is 2.31. The molecule has 0 radical (unpaired) electrons. The lowest BCUT2D eigenvalue weighted by atomic mass is 10.2. The summed E-state index contributed by atoms with van der Waals surface area (Å²) in [5.41, 5.74) is 0. The molecule has 6 nitrogen and oxygen atoms in total. The van der Waals surface area contributed by atoms with E-state index < -0.39 is 6.04 Å². The number of ether oxygens (including phenoxy) is 2. The Hall–Kier alpha value is -1.14. The van der Waals surface area contributed by atoms with Gasteiger partial charge in [0.05, 0.1) is 20.3 Å². The minimum absolute atomic E-state index is 0.127. The van der Waals surface area contributed by atoms with E-state index in [2.05, 4.69) is 10.1 Å². The Morgan fingerprint density at radius 3 is 2.88 bits per heavy atom. The summed E-state index contributed by atoms with van der Waals surface area (Å²) in [6.45, 7) is 4.14. The first-order valence-electron chi connectivity index (χ1n) is 5.37. The van der Waals surface area contributed by atoms with Gasteiger partial charge in [-0.25, -0.2) is 0 Å². The fourth-order valence-electron chi connectivity index (χ4n) is 1.64. The molecule has 0 bridgehead atoms. The molecule has 1 N–H and O–H groups in total. The largest absolute Gasteiger partial charge is 0.468 e. The van der Waals surface area contributed by atoms with E-state index in [4.69, 9.17) is 4.74 Å². The van der Waals surface area contributed by atoms with Crippen molar-refractivity contribution in [3.05, 3.63) is 0 Å². The number of hydrogen-bond donors (Lipinski definition) is 1. The van der Waals surface area contributed by atoms with Crippen LogP contribution in [0.15, 0.2) is 0 Å². The van der Waals surface area contributed by atoms with Crippen LogP contribution in [0, 0.1) is 0 Å². The molecule has 1 fully saturated rings. The molecule has 1 heterocycles. The Morgan fingerprint density at radius 1 is 1.50 bits per heavy atom. The fraction of sp³-hybridized carbons (Fsp3) is 0.800. The van der Waals surface area contributed by atoms with Crippen molar-refractivity contribution in [1.82, 2.24) is 10.2 Å². The van der Waals surface area contributed by atoms with Crippen LogP contribution in [-0.4, -0.2) is 62.8 Å². The van der Waals surface area contributed by atoms with Crippen LogP contribution in [0.3, 0.4) is 0 Å². The van der Waals surface area contributed by atoms with E-state index in [0.717, 1.165) is 6.54 Å². The summed E-state index contributed by atoms with van der Waals surface area (Å²) in [7, 11) is 1.34. The first-order chi connectivity index (χ1) is 7.69. The van der Waals surface area contributed by atoms with Gasteiger partial charge in [-0.3, -0.25) is 14.5 Å². The highest BCUT2D eigenvalue weighted by Crippen LogP contribution is 2.05. The first-order valence-corrected chi connectivity index (χ1v) is 5.37. The standard InChI is InChI=1S/C10H18N2O4/c1-3-16-10(14)8-6-11-4-5-12(8)7-9(13)15-2/h8,11H,3-7H2,1-2H3. The van der Waals surface area contributed by atoms with Crippen molar-refractivity contribution >= 4 is 11.9 Å². The SMILES string of the molecule is CCOC(=O)C1CNCCN1CC(=O)OC. The lowest BCUT2D eigenvalue weighted by molar-refractivity contribution is -0.152. The summed E-state index contributed by atoms with van der Waals surface area (Å²) in [6, 6.07) is -0.396. The second kappa shape index (κ2) is 6.44. The zero-order valence-electron chi connectivity index (χ0n) is 9.69. The van der Waals surface area contributed by atoms with Crippen LogP contribution < -0.4 is 5.32 Å². The van der Waals surface area contributed by atoms with E-state index >= 15 is 0 Å². The monoisotopic (exact) mass is 230 g/mol. The summed E-state index contributed by atoms with van der Waals surface area (Å²) in [5, 5.41) is 3.10. The van der Waals surface area contributed by atoms with Gasteiger partial charge in [0.25, 0.3) is 0 Å². The maximum absolute atomic E-state index is 11.6. The Kier molecular flexibility index (Phi) is 5.21. The van der Waals surface area contributed by atoms with Crippen molar-refractivity contribution < 1.29 is 19.1 Å². The summed E-state index contributed by atoms with van der Waals surface area (Å²) in [4.78, 5) is 24.6. The van der Waals surface area contributed by atoms with Gasteiger partial charge in [0.1, 0.15) is 6.04 Å². The van der Waals surface area contributed by atoms with Crippen LogP contribution in [0.5, 0.6) is 0 Å². The van der Waals surface area contributed by atoms with Crippen molar-refractivity contribution in [3.63, 3.8) is 0 Å².